The molecule has 1 aromatic rings. The number of fused-ring (bicyclic) bond motifs is 3. The number of phenolic OH excluding ortho intramolecular Hbond substituents is 1. The van der Waals surface area contributed by atoms with E-state index in [0.29, 0.717) is 11.3 Å². The summed E-state index contributed by atoms with van der Waals surface area (Å²) in [6.07, 6.45) is 0.0733. The van der Waals surface area contributed by atoms with Crippen molar-refractivity contribution in [1.82, 2.24) is 9.80 Å². The van der Waals surface area contributed by atoms with Crippen molar-refractivity contribution < 1.29 is 39.9 Å². The number of phenols is 1. The quantitative estimate of drug-likeness (QED) is 0.195. The number of primary amides is 1. The number of aliphatic hydroxyl groups is 4. The summed E-state index contributed by atoms with van der Waals surface area (Å²) < 4.78 is 0. The van der Waals surface area contributed by atoms with Crippen LogP contribution in [0.3, 0.4) is 0 Å². The lowest BCUT2D eigenvalue weighted by Gasteiger charge is -2.53. The summed E-state index contributed by atoms with van der Waals surface area (Å²) in [6.45, 7) is 3.47. The Balaban J connectivity index is 1.67. The third-order valence-electron chi connectivity index (χ3n) is 9.21. The number of anilines is 1. The SMILES string of the molecule is C[C@@H]1c2ccc(NC3CCN(C)CC3)c(O)c2C(O)=C2C(=O)[C@@]3(O)C(O)=C(C(N)=O)C(=O)[C@H](N(C)C)[C@H]3[C@H](O)[C@H]21. The van der Waals surface area contributed by atoms with E-state index in [1.54, 1.807) is 19.1 Å². The van der Waals surface area contributed by atoms with Crippen LogP contribution in [0.1, 0.15) is 36.8 Å². The van der Waals surface area contributed by atoms with Crippen LogP contribution in [0.5, 0.6) is 5.75 Å². The molecule has 12 nitrogen and oxygen atoms in total. The number of piperidine rings is 1. The number of amides is 1. The van der Waals surface area contributed by atoms with Gasteiger partial charge in [-0.05, 0) is 64.6 Å². The number of Topliss-reactive ketones (excluding diaryl/α,β-unsaturated/α-hetero) is 2. The van der Waals surface area contributed by atoms with Crippen molar-refractivity contribution in [2.75, 3.05) is 39.5 Å². The third-order valence-corrected chi connectivity index (χ3v) is 9.21. The van der Waals surface area contributed by atoms with Crippen LogP contribution in [0.4, 0.5) is 5.69 Å². The Morgan fingerprint density at radius 3 is 2.35 bits per heavy atom. The number of carbonyl (C=O) groups is 3. The Morgan fingerprint density at radius 1 is 1.15 bits per heavy atom. The number of nitrogens with two attached hydrogens (primary N) is 1. The van der Waals surface area contributed by atoms with Crippen LogP contribution >= 0.6 is 0 Å². The van der Waals surface area contributed by atoms with E-state index in [-0.39, 0.29) is 17.4 Å². The van der Waals surface area contributed by atoms with Crippen LogP contribution in [0.2, 0.25) is 0 Å². The summed E-state index contributed by atoms with van der Waals surface area (Å²) in [5, 5.41) is 60.5. The van der Waals surface area contributed by atoms with Gasteiger partial charge in [0.05, 0.1) is 29.3 Å². The average molecular weight is 557 g/mol. The number of aromatic hydroxyl groups is 1. The first-order chi connectivity index (χ1) is 18.7. The van der Waals surface area contributed by atoms with Crippen LogP contribution in [-0.4, -0.2) is 111 Å². The molecule has 1 amide bonds. The molecular formula is C28H36N4O8. The molecule has 0 unspecified atom stereocenters. The molecule has 1 saturated heterocycles. The van der Waals surface area contributed by atoms with E-state index >= 15 is 0 Å². The summed E-state index contributed by atoms with van der Waals surface area (Å²) in [4.78, 5) is 43.0. The highest BCUT2D eigenvalue weighted by atomic mass is 16.4. The molecule has 0 radical (unpaired) electrons. The number of nitrogens with zero attached hydrogens (tertiary/aromatic N) is 2. The predicted octanol–water partition coefficient (Wildman–Crippen LogP) is 0.00190. The van der Waals surface area contributed by atoms with Gasteiger partial charge in [0.25, 0.3) is 5.91 Å². The zero-order valence-corrected chi connectivity index (χ0v) is 22.9. The highest BCUT2D eigenvalue weighted by molar-refractivity contribution is 6.24. The number of aliphatic hydroxyl groups excluding tert-OH is 3. The van der Waals surface area contributed by atoms with Gasteiger partial charge in [-0.1, -0.05) is 13.0 Å². The minimum atomic E-state index is -2.93. The molecule has 6 atom stereocenters. The van der Waals surface area contributed by atoms with Gasteiger partial charge in [-0.2, -0.15) is 0 Å². The van der Waals surface area contributed by atoms with E-state index in [0.717, 1.165) is 25.9 Å². The summed E-state index contributed by atoms with van der Waals surface area (Å²) in [5.74, 6) is -8.94. The molecule has 12 heteroatoms. The molecule has 8 N–H and O–H groups in total. The summed E-state index contributed by atoms with van der Waals surface area (Å²) in [6, 6.07) is 2.10. The number of ketones is 2. The maximum absolute atomic E-state index is 14.1. The van der Waals surface area contributed by atoms with E-state index in [1.807, 2.05) is 7.05 Å². The van der Waals surface area contributed by atoms with E-state index in [1.165, 1.54) is 19.0 Å². The largest absolute Gasteiger partial charge is 0.508 e. The van der Waals surface area contributed by atoms with E-state index < -0.39 is 75.6 Å². The van der Waals surface area contributed by atoms with Gasteiger partial charge in [0.1, 0.15) is 22.8 Å². The molecule has 3 aliphatic carbocycles. The van der Waals surface area contributed by atoms with Gasteiger partial charge < -0.3 is 41.5 Å². The van der Waals surface area contributed by atoms with E-state index in [2.05, 4.69) is 10.2 Å². The Kier molecular flexibility index (Phi) is 6.73. The van der Waals surface area contributed by atoms with Gasteiger partial charge in [0, 0.05) is 17.5 Å². The molecule has 5 rings (SSSR count). The second-order valence-corrected chi connectivity index (χ2v) is 11.7. The normalized spacial score (nSPS) is 33.1. The molecule has 1 heterocycles. The summed E-state index contributed by atoms with van der Waals surface area (Å²) in [5.41, 5.74) is 1.90. The lowest BCUT2D eigenvalue weighted by atomic mass is 9.54. The average Bonchev–Trinajstić information content (AvgIpc) is 2.88. The van der Waals surface area contributed by atoms with Crippen LogP contribution in [0, 0.1) is 11.8 Å². The predicted molar refractivity (Wildman–Crippen MR) is 144 cm³/mol. The third kappa shape index (κ3) is 3.77. The summed E-state index contributed by atoms with van der Waals surface area (Å²) in [7, 11) is 4.98. The van der Waals surface area contributed by atoms with Gasteiger partial charge in [-0.3, -0.25) is 19.3 Å². The van der Waals surface area contributed by atoms with Crippen LogP contribution in [0.25, 0.3) is 5.76 Å². The molecule has 216 valence electrons. The topological polar surface area (TPSA) is 197 Å². The van der Waals surface area contributed by atoms with Crippen LogP contribution in [-0.2, 0) is 14.4 Å². The number of hydrogen-bond acceptors (Lipinski definition) is 11. The van der Waals surface area contributed by atoms with Crippen molar-refractivity contribution in [3.8, 4) is 5.75 Å². The van der Waals surface area contributed by atoms with Crippen molar-refractivity contribution in [3.05, 3.63) is 40.2 Å². The summed E-state index contributed by atoms with van der Waals surface area (Å²) >= 11 is 0. The first-order valence-corrected chi connectivity index (χ1v) is 13.4. The highest BCUT2D eigenvalue weighted by Gasteiger charge is 2.68. The number of carbonyl (C=O) groups excluding carboxylic acids is 3. The molecule has 0 spiro atoms. The Hall–Kier alpha value is -3.45. The fourth-order valence-electron chi connectivity index (χ4n) is 7.11. The zero-order chi connectivity index (χ0) is 29.4. The molecule has 2 fully saturated rings. The Morgan fingerprint density at radius 2 is 1.77 bits per heavy atom. The zero-order valence-electron chi connectivity index (χ0n) is 22.9. The van der Waals surface area contributed by atoms with Gasteiger partial charge in [0.15, 0.2) is 11.4 Å². The lowest BCUT2D eigenvalue weighted by molar-refractivity contribution is -0.169. The minimum absolute atomic E-state index is 0.0195. The number of likely N-dealkylation sites (tertiary alicyclic amines) is 1. The smallest absolute Gasteiger partial charge is 0.255 e. The lowest BCUT2D eigenvalue weighted by Crippen LogP contribution is -2.70. The molecule has 1 saturated carbocycles. The second-order valence-electron chi connectivity index (χ2n) is 11.7. The fraction of sp³-hybridized carbons (Fsp3) is 0.536. The van der Waals surface area contributed by atoms with E-state index in [4.69, 9.17) is 5.73 Å². The fourth-order valence-corrected chi connectivity index (χ4v) is 7.11. The van der Waals surface area contributed by atoms with E-state index in [9.17, 15) is 39.9 Å². The molecule has 0 bridgehead atoms. The van der Waals surface area contributed by atoms with Gasteiger partial charge in [0.2, 0.25) is 5.78 Å². The van der Waals surface area contributed by atoms with Crippen molar-refractivity contribution >= 4 is 28.9 Å². The van der Waals surface area contributed by atoms with Gasteiger partial charge in [-0.15, -0.1) is 0 Å². The van der Waals surface area contributed by atoms with Crippen LogP contribution < -0.4 is 11.1 Å². The molecule has 4 aliphatic rings. The second kappa shape index (κ2) is 9.58. The standard InChI is InChI=1S/C28H36N4O8/c1-11-13-5-6-14(30-12-7-9-32(4)10-8-12)21(33)16(13)22(34)17-15(11)23(35)19-20(31(2)3)24(36)18(27(29)39)26(38)28(19,40)25(17)37/h5-6,11-12,15,19-20,23,30,33-35,38,40H,7-10H2,1-4H3,(H2,29,39)/t11-,15+,19+,20-,23-,28-/m1/s1. The number of rotatable bonds is 4. The Labute approximate surface area is 231 Å². The minimum Gasteiger partial charge on any atom is -0.508 e. The number of likely N-dealkylation sites (N-methyl/N-ethyl adjacent to an activating group) is 1. The number of benzene rings is 1. The number of nitrogens with one attached hydrogen (secondary N) is 1. The highest BCUT2D eigenvalue weighted by Crippen LogP contribution is 2.56. The maximum Gasteiger partial charge on any atom is 0.255 e. The van der Waals surface area contributed by atoms with Crippen molar-refractivity contribution in [2.24, 2.45) is 17.6 Å². The van der Waals surface area contributed by atoms with Crippen molar-refractivity contribution in [2.45, 2.75) is 49.5 Å². The van der Waals surface area contributed by atoms with Gasteiger partial charge in [-0.25, -0.2) is 0 Å². The molecule has 0 aromatic heterocycles. The maximum atomic E-state index is 14.1. The van der Waals surface area contributed by atoms with Crippen molar-refractivity contribution in [1.29, 1.82) is 0 Å². The molecule has 1 aliphatic heterocycles. The van der Waals surface area contributed by atoms with Crippen molar-refractivity contribution in [3.63, 3.8) is 0 Å². The first kappa shape index (κ1) is 28.1. The van der Waals surface area contributed by atoms with Gasteiger partial charge >= 0.3 is 0 Å². The Bertz CT molecular complexity index is 1360. The first-order valence-electron chi connectivity index (χ1n) is 13.4. The monoisotopic (exact) mass is 556 g/mol. The molecule has 1 aromatic carbocycles. The molecular weight excluding hydrogens is 520 g/mol. The number of hydrogen-bond donors (Lipinski definition) is 7. The molecule has 40 heavy (non-hydrogen) atoms. The van der Waals surface area contributed by atoms with Crippen LogP contribution in [0.15, 0.2) is 29.0 Å².